The molecule has 0 radical (unpaired) electrons. The molecule has 1 aromatic heterocycles. The summed E-state index contributed by atoms with van der Waals surface area (Å²) in [5.74, 6) is 0.810. The number of nitrogens with one attached hydrogen (secondary N) is 1. The van der Waals surface area contributed by atoms with Crippen LogP contribution in [0.5, 0.6) is 0 Å². The number of nitrogens with zero attached hydrogens (tertiary/aromatic N) is 1. The molecule has 3 rings (SSSR count). The third-order valence-corrected chi connectivity index (χ3v) is 3.85. The van der Waals surface area contributed by atoms with Gasteiger partial charge in [0.15, 0.2) is 0 Å². The maximum atomic E-state index is 11.5. The lowest BCUT2D eigenvalue weighted by Crippen LogP contribution is -2.17. The first-order chi connectivity index (χ1) is 9.76. The second kappa shape index (κ2) is 5.53. The lowest BCUT2D eigenvalue weighted by Gasteiger charge is -2.09. The van der Waals surface area contributed by atoms with Crippen molar-refractivity contribution < 1.29 is 0 Å². The van der Waals surface area contributed by atoms with Crippen LogP contribution in [0.15, 0.2) is 47.4 Å². The molecule has 0 amide bonds. The zero-order valence-electron chi connectivity index (χ0n) is 11.8. The third-order valence-electron chi connectivity index (χ3n) is 3.85. The molecular weight excluding hydrogens is 248 g/mol. The van der Waals surface area contributed by atoms with Crippen molar-refractivity contribution in [3.05, 3.63) is 64.1 Å². The predicted octanol–water partition coefficient (Wildman–Crippen LogP) is 3.36. The van der Waals surface area contributed by atoms with Crippen LogP contribution in [0.1, 0.15) is 36.8 Å². The Morgan fingerprint density at radius 2 is 1.90 bits per heavy atom. The molecule has 0 atom stereocenters. The molecule has 3 heteroatoms. The van der Waals surface area contributed by atoms with Crippen LogP contribution in [0.4, 0.5) is 5.69 Å². The van der Waals surface area contributed by atoms with E-state index in [1.165, 1.54) is 24.0 Å². The second-order valence-electron chi connectivity index (χ2n) is 5.41. The van der Waals surface area contributed by atoms with E-state index in [4.69, 9.17) is 0 Å². The quantitative estimate of drug-likeness (QED) is 0.902. The van der Waals surface area contributed by atoms with E-state index in [9.17, 15) is 4.79 Å². The minimum Gasteiger partial charge on any atom is -0.380 e. The van der Waals surface area contributed by atoms with Gasteiger partial charge in [-0.3, -0.25) is 4.79 Å². The van der Waals surface area contributed by atoms with Crippen LogP contribution in [0.3, 0.4) is 0 Å². The lowest BCUT2D eigenvalue weighted by molar-refractivity contribution is 0.727. The molecule has 2 aromatic rings. The maximum Gasteiger partial charge on any atom is 0.250 e. The molecule has 1 aliphatic rings. The van der Waals surface area contributed by atoms with Crippen LogP contribution in [-0.4, -0.2) is 4.57 Å². The minimum atomic E-state index is 0.0480. The highest BCUT2D eigenvalue weighted by atomic mass is 16.1. The molecule has 0 saturated heterocycles. The summed E-state index contributed by atoms with van der Waals surface area (Å²) in [5, 5.41) is 3.37. The van der Waals surface area contributed by atoms with Gasteiger partial charge in [-0.05, 0) is 42.9 Å². The number of pyridine rings is 1. The molecule has 20 heavy (non-hydrogen) atoms. The minimum absolute atomic E-state index is 0.0480. The van der Waals surface area contributed by atoms with Gasteiger partial charge in [-0.15, -0.1) is 0 Å². The smallest absolute Gasteiger partial charge is 0.250 e. The van der Waals surface area contributed by atoms with Crippen molar-refractivity contribution >= 4 is 5.69 Å². The summed E-state index contributed by atoms with van der Waals surface area (Å²) in [6.45, 7) is 3.46. The molecule has 1 saturated carbocycles. The van der Waals surface area contributed by atoms with Gasteiger partial charge in [0, 0.05) is 25.4 Å². The lowest BCUT2D eigenvalue weighted by atomic mass is 10.1. The summed E-state index contributed by atoms with van der Waals surface area (Å²) in [5.41, 5.74) is 3.77. The number of rotatable bonds is 5. The first-order valence-electron chi connectivity index (χ1n) is 7.29. The highest BCUT2D eigenvalue weighted by Crippen LogP contribution is 2.39. The van der Waals surface area contributed by atoms with Crippen LogP contribution >= 0.6 is 0 Å². The van der Waals surface area contributed by atoms with E-state index < -0.39 is 0 Å². The number of aryl methyl sites for hydroxylation is 1. The standard InChI is InChI=1S/C17H20N2O/c1-2-19-12-16(9-10-17(19)20)18-11-13-3-5-14(6-4-13)15-7-8-15/h3-6,9-10,12,15,18H,2,7-8,11H2,1H3. The molecular formula is C17H20N2O. The molecule has 3 nitrogen and oxygen atoms in total. The van der Waals surface area contributed by atoms with Gasteiger partial charge in [0.2, 0.25) is 0 Å². The summed E-state index contributed by atoms with van der Waals surface area (Å²) in [6, 6.07) is 12.3. The molecule has 1 aliphatic carbocycles. The van der Waals surface area contributed by atoms with Crippen LogP contribution in [0, 0.1) is 0 Å². The highest BCUT2D eigenvalue weighted by molar-refractivity contribution is 5.41. The van der Waals surface area contributed by atoms with E-state index >= 15 is 0 Å². The predicted molar refractivity (Wildman–Crippen MR) is 82.1 cm³/mol. The Balaban J connectivity index is 1.64. The van der Waals surface area contributed by atoms with Crippen molar-refractivity contribution in [3.8, 4) is 0 Å². The monoisotopic (exact) mass is 268 g/mol. The average Bonchev–Trinajstić information content (AvgIpc) is 3.32. The van der Waals surface area contributed by atoms with Crippen molar-refractivity contribution in [1.82, 2.24) is 4.57 Å². The average molecular weight is 268 g/mol. The first-order valence-corrected chi connectivity index (χ1v) is 7.29. The Hall–Kier alpha value is -2.03. The number of hydrogen-bond acceptors (Lipinski definition) is 2. The number of anilines is 1. The summed E-state index contributed by atoms with van der Waals surface area (Å²) < 4.78 is 1.71. The van der Waals surface area contributed by atoms with Crippen molar-refractivity contribution in [1.29, 1.82) is 0 Å². The fraction of sp³-hybridized carbons (Fsp3) is 0.353. The van der Waals surface area contributed by atoms with Crippen LogP contribution in [-0.2, 0) is 13.1 Å². The Kier molecular flexibility index (Phi) is 3.59. The largest absolute Gasteiger partial charge is 0.380 e. The fourth-order valence-corrected chi connectivity index (χ4v) is 2.41. The van der Waals surface area contributed by atoms with Gasteiger partial charge < -0.3 is 9.88 Å². The molecule has 1 N–H and O–H groups in total. The molecule has 0 aliphatic heterocycles. The molecule has 1 aromatic carbocycles. The zero-order valence-corrected chi connectivity index (χ0v) is 11.8. The Labute approximate surface area is 119 Å². The Morgan fingerprint density at radius 3 is 2.55 bits per heavy atom. The number of hydrogen-bond donors (Lipinski definition) is 1. The van der Waals surface area contributed by atoms with Crippen LogP contribution < -0.4 is 10.9 Å². The first kappa shape index (κ1) is 13.0. The van der Waals surface area contributed by atoms with E-state index in [1.807, 2.05) is 19.2 Å². The van der Waals surface area contributed by atoms with E-state index in [0.717, 1.165) is 18.2 Å². The van der Waals surface area contributed by atoms with Gasteiger partial charge >= 0.3 is 0 Å². The SMILES string of the molecule is CCn1cc(NCc2ccc(C3CC3)cc2)ccc1=O. The summed E-state index contributed by atoms with van der Waals surface area (Å²) in [7, 11) is 0. The molecule has 1 fully saturated rings. The Bertz CT molecular complexity index is 639. The van der Waals surface area contributed by atoms with Crippen LogP contribution in [0.25, 0.3) is 0 Å². The van der Waals surface area contributed by atoms with Gasteiger partial charge in [-0.25, -0.2) is 0 Å². The summed E-state index contributed by atoms with van der Waals surface area (Å²) in [4.78, 5) is 11.5. The molecule has 0 unspecified atom stereocenters. The van der Waals surface area contributed by atoms with Gasteiger partial charge in [0.1, 0.15) is 0 Å². The van der Waals surface area contributed by atoms with Crippen molar-refractivity contribution in [2.24, 2.45) is 0 Å². The molecule has 1 heterocycles. The fourth-order valence-electron chi connectivity index (χ4n) is 2.41. The third kappa shape index (κ3) is 2.93. The van der Waals surface area contributed by atoms with Gasteiger partial charge in [-0.1, -0.05) is 24.3 Å². The van der Waals surface area contributed by atoms with Crippen molar-refractivity contribution in [2.45, 2.75) is 38.8 Å². The topological polar surface area (TPSA) is 34.0 Å². The maximum absolute atomic E-state index is 11.5. The molecule has 0 spiro atoms. The van der Waals surface area contributed by atoms with E-state index in [1.54, 1.807) is 10.6 Å². The normalized spacial score (nSPS) is 14.2. The zero-order chi connectivity index (χ0) is 13.9. The summed E-state index contributed by atoms with van der Waals surface area (Å²) in [6.07, 6.45) is 4.56. The van der Waals surface area contributed by atoms with Crippen molar-refractivity contribution in [3.63, 3.8) is 0 Å². The van der Waals surface area contributed by atoms with Gasteiger partial charge in [0.05, 0.1) is 5.69 Å². The number of aromatic nitrogens is 1. The summed E-state index contributed by atoms with van der Waals surface area (Å²) >= 11 is 0. The van der Waals surface area contributed by atoms with E-state index in [2.05, 4.69) is 29.6 Å². The molecule has 0 bridgehead atoms. The van der Waals surface area contributed by atoms with Gasteiger partial charge in [-0.2, -0.15) is 0 Å². The molecule has 104 valence electrons. The van der Waals surface area contributed by atoms with Gasteiger partial charge in [0.25, 0.3) is 5.56 Å². The second-order valence-corrected chi connectivity index (χ2v) is 5.41. The van der Waals surface area contributed by atoms with Crippen LogP contribution in [0.2, 0.25) is 0 Å². The van der Waals surface area contributed by atoms with Crippen molar-refractivity contribution in [2.75, 3.05) is 5.32 Å². The number of benzene rings is 1. The van der Waals surface area contributed by atoms with E-state index in [0.29, 0.717) is 6.54 Å². The highest BCUT2D eigenvalue weighted by Gasteiger charge is 2.22. The van der Waals surface area contributed by atoms with E-state index in [-0.39, 0.29) is 5.56 Å². The Morgan fingerprint density at radius 1 is 1.15 bits per heavy atom.